The molecule has 0 aromatic carbocycles. The second-order valence-electron chi connectivity index (χ2n) is 5.62. The van der Waals surface area contributed by atoms with Crippen LogP contribution in [-0.4, -0.2) is 39.2 Å². The van der Waals surface area contributed by atoms with Gasteiger partial charge in [-0.2, -0.15) is 0 Å². The number of ether oxygens (including phenoxy) is 1. The summed E-state index contributed by atoms with van der Waals surface area (Å²) in [5, 5.41) is 3.85. The molecule has 7 nitrogen and oxygen atoms in total. The van der Waals surface area contributed by atoms with Gasteiger partial charge in [0.2, 0.25) is 5.91 Å². The average molecular weight is 304 g/mol. The van der Waals surface area contributed by atoms with Crippen LogP contribution < -0.4 is 0 Å². The summed E-state index contributed by atoms with van der Waals surface area (Å²) < 4.78 is 12.6. The Morgan fingerprint density at radius 3 is 3.09 bits per heavy atom. The molecule has 2 aromatic heterocycles. The van der Waals surface area contributed by atoms with Crippen LogP contribution in [0.4, 0.5) is 0 Å². The number of imidazole rings is 1. The number of nitrogens with zero attached hydrogens (tertiary/aromatic N) is 4. The van der Waals surface area contributed by atoms with Gasteiger partial charge in [-0.15, -0.1) is 0 Å². The molecular weight excluding hydrogens is 284 g/mol. The molecule has 1 saturated heterocycles. The molecule has 2 aromatic rings. The highest BCUT2D eigenvalue weighted by atomic mass is 16.5. The van der Waals surface area contributed by atoms with Crippen LogP contribution in [0.3, 0.4) is 0 Å². The first-order valence-electron chi connectivity index (χ1n) is 7.40. The number of carbonyl (C=O) groups excluding carboxylic acids is 1. The monoisotopic (exact) mass is 304 g/mol. The first kappa shape index (κ1) is 14.8. The molecule has 0 radical (unpaired) electrons. The van der Waals surface area contributed by atoms with Crippen molar-refractivity contribution in [3.8, 4) is 0 Å². The number of hydrogen-bond acceptors (Lipinski definition) is 5. The SMILES string of the molecule is CN(Cc1ccon1)C(=O)[C@@H]1CCCO[C@H]1c1nccn1C. The topological polar surface area (TPSA) is 73.4 Å². The van der Waals surface area contributed by atoms with E-state index in [9.17, 15) is 4.79 Å². The van der Waals surface area contributed by atoms with Gasteiger partial charge < -0.3 is 18.7 Å². The highest BCUT2D eigenvalue weighted by Crippen LogP contribution is 2.33. The molecule has 2 atom stereocenters. The zero-order valence-corrected chi connectivity index (χ0v) is 12.8. The Hall–Kier alpha value is -2.15. The van der Waals surface area contributed by atoms with Crippen LogP contribution in [0.25, 0.3) is 0 Å². The Labute approximate surface area is 128 Å². The van der Waals surface area contributed by atoms with Crippen molar-refractivity contribution >= 4 is 5.91 Å². The molecule has 0 aliphatic carbocycles. The lowest BCUT2D eigenvalue weighted by atomic mass is 9.92. The number of amides is 1. The van der Waals surface area contributed by atoms with E-state index < -0.39 is 0 Å². The first-order valence-corrected chi connectivity index (χ1v) is 7.40. The molecule has 1 aliphatic rings. The maximum absolute atomic E-state index is 12.8. The van der Waals surface area contributed by atoms with E-state index in [2.05, 4.69) is 10.1 Å². The van der Waals surface area contributed by atoms with Gasteiger partial charge in [-0.1, -0.05) is 5.16 Å². The third kappa shape index (κ3) is 2.89. The molecule has 118 valence electrons. The highest BCUT2D eigenvalue weighted by Gasteiger charge is 2.36. The smallest absolute Gasteiger partial charge is 0.228 e. The largest absolute Gasteiger partial charge is 0.369 e. The molecule has 3 heterocycles. The third-order valence-corrected chi connectivity index (χ3v) is 4.02. The van der Waals surface area contributed by atoms with E-state index in [1.807, 2.05) is 17.8 Å². The maximum Gasteiger partial charge on any atom is 0.228 e. The Bertz CT molecular complexity index is 623. The van der Waals surface area contributed by atoms with E-state index in [0.29, 0.717) is 13.2 Å². The Morgan fingerprint density at radius 2 is 2.41 bits per heavy atom. The quantitative estimate of drug-likeness (QED) is 0.856. The molecule has 0 bridgehead atoms. The standard InChI is InChI=1S/C15H20N4O3/c1-18-7-6-16-14(18)13-12(4-3-8-21-13)15(20)19(2)10-11-5-9-22-17-11/h5-7,9,12-13H,3-4,8,10H2,1-2H3/t12-,13-/m1/s1. The van der Waals surface area contributed by atoms with Crippen molar-refractivity contribution in [1.29, 1.82) is 0 Å². The molecule has 3 rings (SSSR count). The lowest BCUT2D eigenvalue weighted by Crippen LogP contribution is -2.39. The van der Waals surface area contributed by atoms with Gasteiger partial charge in [-0.05, 0) is 12.8 Å². The highest BCUT2D eigenvalue weighted by molar-refractivity contribution is 5.79. The van der Waals surface area contributed by atoms with Crippen molar-refractivity contribution in [2.45, 2.75) is 25.5 Å². The molecule has 0 N–H and O–H groups in total. The van der Waals surface area contributed by atoms with Gasteiger partial charge in [0, 0.05) is 39.2 Å². The molecule has 0 saturated carbocycles. The first-order chi connectivity index (χ1) is 10.7. The lowest BCUT2D eigenvalue weighted by Gasteiger charge is -2.32. The number of aryl methyl sites for hydroxylation is 1. The van der Waals surface area contributed by atoms with E-state index in [1.165, 1.54) is 6.26 Å². The normalized spacial score (nSPS) is 21.7. The summed E-state index contributed by atoms with van der Waals surface area (Å²) in [5.74, 6) is 0.635. The summed E-state index contributed by atoms with van der Waals surface area (Å²) in [6.45, 7) is 1.09. The second-order valence-corrected chi connectivity index (χ2v) is 5.62. The van der Waals surface area contributed by atoms with Gasteiger partial charge in [0.1, 0.15) is 23.9 Å². The van der Waals surface area contributed by atoms with Crippen LogP contribution in [0.5, 0.6) is 0 Å². The fraction of sp³-hybridized carbons (Fsp3) is 0.533. The van der Waals surface area contributed by atoms with Crippen molar-refractivity contribution in [3.63, 3.8) is 0 Å². The number of hydrogen-bond donors (Lipinski definition) is 0. The molecule has 0 spiro atoms. The van der Waals surface area contributed by atoms with Crippen molar-refractivity contribution < 1.29 is 14.1 Å². The Balaban J connectivity index is 1.75. The maximum atomic E-state index is 12.8. The predicted octanol–water partition coefficient (Wildman–Crippen LogP) is 1.53. The molecule has 1 aliphatic heterocycles. The molecule has 7 heteroatoms. The molecular formula is C15H20N4O3. The van der Waals surface area contributed by atoms with Gasteiger partial charge >= 0.3 is 0 Å². The number of rotatable bonds is 4. The van der Waals surface area contributed by atoms with Crippen LogP contribution in [0.2, 0.25) is 0 Å². The van der Waals surface area contributed by atoms with E-state index in [4.69, 9.17) is 9.26 Å². The molecule has 0 unspecified atom stereocenters. The van der Waals surface area contributed by atoms with Crippen molar-refractivity contribution in [2.75, 3.05) is 13.7 Å². The van der Waals surface area contributed by atoms with Crippen LogP contribution in [0, 0.1) is 5.92 Å². The van der Waals surface area contributed by atoms with Gasteiger partial charge in [-0.3, -0.25) is 4.79 Å². The fourth-order valence-electron chi connectivity index (χ4n) is 2.86. The molecule has 1 amide bonds. The zero-order chi connectivity index (χ0) is 15.5. The third-order valence-electron chi connectivity index (χ3n) is 4.02. The Morgan fingerprint density at radius 1 is 1.55 bits per heavy atom. The minimum absolute atomic E-state index is 0.0516. The van der Waals surface area contributed by atoms with Gasteiger partial charge in [-0.25, -0.2) is 4.98 Å². The van der Waals surface area contributed by atoms with Crippen LogP contribution in [0.15, 0.2) is 29.2 Å². The minimum Gasteiger partial charge on any atom is -0.369 e. The van der Waals surface area contributed by atoms with E-state index in [0.717, 1.165) is 24.4 Å². The fourth-order valence-corrected chi connectivity index (χ4v) is 2.86. The van der Waals surface area contributed by atoms with Crippen LogP contribution in [-0.2, 0) is 23.1 Å². The molecule has 1 fully saturated rings. The van der Waals surface area contributed by atoms with Crippen LogP contribution in [0.1, 0.15) is 30.5 Å². The zero-order valence-electron chi connectivity index (χ0n) is 12.8. The van der Waals surface area contributed by atoms with E-state index >= 15 is 0 Å². The van der Waals surface area contributed by atoms with Crippen molar-refractivity contribution in [3.05, 3.63) is 36.2 Å². The van der Waals surface area contributed by atoms with Crippen molar-refractivity contribution in [2.24, 2.45) is 13.0 Å². The second kappa shape index (κ2) is 6.31. The van der Waals surface area contributed by atoms with Crippen LogP contribution >= 0.6 is 0 Å². The van der Waals surface area contributed by atoms with Gasteiger partial charge in [0.05, 0.1) is 12.5 Å². The number of aromatic nitrogens is 3. The summed E-state index contributed by atoms with van der Waals surface area (Å²) in [6.07, 6.45) is 6.51. The Kier molecular flexibility index (Phi) is 4.24. The van der Waals surface area contributed by atoms with E-state index in [1.54, 1.807) is 24.2 Å². The van der Waals surface area contributed by atoms with Gasteiger partial charge in [0.25, 0.3) is 0 Å². The predicted molar refractivity (Wildman–Crippen MR) is 77.6 cm³/mol. The summed E-state index contributed by atoms with van der Waals surface area (Å²) in [5.41, 5.74) is 0.737. The minimum atomic E-state index is -0.291. The summed E-state index contributed by atoms with van der Waals surface area (Å²) in [7, 11) is 3.70. The summed E-state index contributed by atoms with van der Waals surface area (Å²) in [6, 6.07) is 1.76. The summed E-state index contributed by atoms with van der Waals surface area (Å²) in [4.78, 5) is 18.8. The van der Waals surface area contributed by atoms with E-state index in [-0.39, 0.29) is 17.9 Å². The molecule has 22 heavy (non-hydrogen) atoms. The average Bonchev–Trinajstić information content (AvgIpc) is 3.18. The van der Waals surface area contributed by atoms with Gasteiger partial charge in [0.15, 0.2) is 0 Å². The number of carbonyl (C=O) groups is 1. The van der Waals surface area contributed by atoms with Crippen molar-refractivity contribution in [1.82, 2.24) is 19.6 Å². The summed E-state index contributed by atoms with van der Waals surface area (Å²) >= 11 is 0. The lowest BCUT2D eigenvalue weighted by molar-refractivity contribution is -0.145.